The first kappa shape index (κ1) is 18.4. The average molecular weight is 324 g/mol. The Hall–Kier alpha value is -2.68. The van der Waals surface area contributed by atoms with Gasteiger partial charge in [-0.1, -0.05) is 12.8 Å². The standard InChI is InChI=1S/C7H8N4O3.C7H12O2/c8-11-7(14)6(13)10-4-1-2-5(12)9-3-4;1-9-7(8)6-4-2-3-5-6/h1-3H,8H2,(H,9,12)(H,10,13)(H,11,14);6H,2-5H2,1H3. The molecule has 0 saturated heterocycles. The van der Waals surface area contributed by atoms with E-state index in [4.69, 9.17) is 5.84 Å². The van der Waals surface area contributed by atoms with Crippen molar-refractivity contribution in [2.75, 3.05) is 12.4 Å². The highest BCUT2D eigenvalue weighted by Crippen LogP contribution is 2.25. The normalized spacial score (nSPS) is 13.5. The minimum Gasteiger partial charge on any atom is -0.469 e. The van der Waals surface area contributed by atoms with Crippen molar-refractivity contribution in [3.63, 3.8) is 0 Å². The highest BCUT2D eigenvalue weighted by molar-refractivity contribution is 6.39. The number of methoxy groups -OCH3 is 1. The second-order valence-electron chi connectivity index (χ2n) is 4.87. The van der Waals surface area contributed by atoms with Gasteiger partial charge < -0.3 is 15.0 Å². The minimum atomic E-state index is -0.962. The van der Waals surface area contributed by atoms with Crippen molar-refractivity contribution < 1.29 is 19.1 Å². The van der Waals surface area contributed by atoms with Gasteiger partial charge in [-0.2, -0.15) is 0 Å². The first-order chi connectivity index (χ1) is 11.0. The monoisotopic (exact) mass is 324 g/mol. The van der Waals surface area contributed by atoms with Gasteiger partial charge in [0.05, 0.1) is 18.7 Å². The maximum absolute atomic E-state index is 10.9. The lowest BCUT2D eigenvalue weighted by molar-refractivity contribution is -0.145. The first-order valence-electron chi connectivity index (χ1n) is 7.06. The highest BCUT2D eigenvalue weighted by Gasteiger charge is 2.22. The molecule has 9 heteroatoms. The summed E-state index contributed by atoms with van der Waals surface area (Å²) in [6.45, 7) is 0. The Morgan fingerprint density at radius 3 is 2.35 bits per heavy atom. The van der Waals surface area contributed by atoms with Crippen molar-refractivity contribution >= 4 is 23.5 Å². The third kappa shape index (κ3) is 6.30. The Labute approximate surface area is 132 Å². The number of ether oxygens (including phenoxy) is 1. The van der Waals surface area contributed by atoms with E-state index in [0.717, 1.165) is 12.8 Å². The van der Waals surface area contributed by atoms with Crippen molar-refractivity contribution in [2.24, 2.45) is 11.8 Å². The summed E-state index contributed by atoms with van der Waals surface area (Å²) in [5.41, 5.74) is 1.68. The molecular weight excluding hydrogens is 304 g/mol. The molecule has 1 aromatic heterocycles. The van der Waals surface area contributed by atoms with Crippen LogP contribution in [0.3, 0.4) is 0 Å². The molecule has 0 aliphatic heterocycles. The summed E-state index contributed by atoms with van der Waals surface area (Å²) in [7, 11) is 1.46. The summed E-state index contributed by atoms with van der Waals surface area (Å²) >= 11 is 0. The number of carbonyl (C=O) groups excluding carboxylic acids is 3. The van der Waals surface area contributed by atoms with E-state index in [1.54, 1.807) is 5.43 Å². The number of carbonyl (C=O) groups is 3. The van der Waals surface area contributed by atoms with Crippen LogP contribution < -0.4 is 22.1 Å². The van der Waals surface area contributed by atoms with Crippen LogP contribution in [0.4, 0.5) is 5.69 Å². The Balaban J connectivity index is 0.000000253. The van der Waals surface area contributed by atoms with E-state index in [2.05, 4.69) is 15.0 Å². The Morgan fingerprint density at radius 1 is 1.22 bits per heavy atom. The van der Waals surface area contributed by atoms with Crippen molar-refractivity contribution in [3.8, 4) is 0 Å². The van der Waals surface area contributed by atoms with E-state index in [1.165, 1.54) is 38.3 Å². The Kier molecular flexibility index (Phi) is 7.48. The van der Waals surface area contributed by atoms with Gasteiger partial charge in [-0.3, -0.25) is 24.6 Å². The average Bonchev–Trinajstić information content (AvgIpc) is 3.10. The summed E-state index contributed by atoms with van der Waals surface area (Å²) in [4.78, 5) is 45.3. The van der Waals surface area contributed by atoms with Crippen LogP contribution >= 0.6 is 0 Å². The van der Waals surface area contributed by atoms with Crippen molar-refractivity contribution in [3.05, 3.63) is 28.7 Å². The topological polar surface area (TPSA) is 143 Å². The van der Waals surface area contributed by atoms with Gasteiger partial charge in [0.2, 0.25) is 5.56 Å². The fourth-order valence-corrected chi connectivity index (χ4v) is 2.07. The van der Waals surface area contributed by atoms with Crippen LogP contribution in [0.2, 0.25) is 0 Å². The number of aromatic nitrogens is 1. The third-order valence-corrected chi connectivity index (χ3v) is 3.27. The fraction of sp³-hybridized carbons (Fsp3) is 0.429. The number of esters is 1. The summed E-state index contributed by atoms with van der Waals surface area (Å²) in [6.07, 6.45) is 5.73. The molecule has 0 aromatic carbocycles. The van der Waals surface area contributed by atoms with Gasteiger partial charge in [0.25, 0.3) is 0 Å². The molecule has 1 aromatic rings. The molecule has 2 amide bonds. The highest BCUT2D eigenvalue weighted by atomic mass is 16.5. The van der Waals surface area contributed by atoms with E-state index in [1.807, 2.05) is 0 Å². The van der Waals surface area contributed by atoms with Crippen LogP contribution in [0.15, 0.2) is 23.1 Å². The zero-order chi connectivity index (χ0) is 17.2. The molecule has 1 heterocycles. The Morgan fingerprint density at radius 2 is 1.87 bits per heavy atom. The maximum Gasteiger partial charge on any atom is 0.323 e. The van der Waals surface area contributed by atoms with Gasteiger partial charge in [-0.05, 0) is 18.9 Å². The van der Waals surface area contributed by atoms with Gasteiger partial charge in [0, 0.05) is 12.3 Å². The largest absolute Gasteiger partial charge is 0.469 e. The number of nitrogens with two attached hydrogens (primary N) is 1. The molecule has 0 atom stereocenters. The van der Waals surface area contributed by atoms with Crippen LogP contribution in [0, 0.1) is 5.92 Å². The third-order valence-electron chi connectivity index (χ3n) is 3.27. The number of hydrazine groups is 1. The molecule has 0 radical (unpaired) electrons. The maximum atomic E-state index is 10.9. The predicted octanol–water partition coefficient (Wildman–Crippen LogP) is -0.347. The summed E-state index contributed by atoms with van der Waals surface area (Å²) in [5, 5.41) is 2.22. The second-order valence-corrected chi connectivity index (χ2v) is 4.87. The van der Waals surface area contributed by atoms with E-state index < -0.39 is 11.8 Å². The molecule has 0 spiro atoms. The van der Waals surface area contributed by atoms with Gasteiger partial charge >= 0.3 is 17.8 Å². The molecular formula is C14H20N4O5. The fourth-order valence-electron chi connectivity index (χ4n) is 2.07. The molecule has 0 unspecified atom stereocenters. The molecule has 23 heavy (non-hydrogen) atoms. The predicted molar refractivity (Wildman–Crippen MR) is 82.0 cm³/mol. The number of aromatic amines is 1. The lowest BCUT2D eigenvalue weighted by Gasteiger charge is -2.03. The minimum absolute atomic E-state index is 0.0208. The smallest absolute Gasteiger partial charge is 0.323 e. The van der Waals surface area contributed by atoms with E-state index in [9.17, 15) is 19.2 Å². The number of nitrogens with one attached hydrogen (secondary N) is 3. The zero-order valence-electron chi connectivity index (χ0n) is 12.8. The molecule has 1 fully saturated rings. The van der Waals surface area contributed by atoms with Crippen LogP contribution in [-0.2, 0) is 19.1 Å². The van der Waals surface area contributed by atoms with Gasteiger partial charge in [-0.15, -0.1) is 0 Å². The number of hydrogen-bond donors (Lipinski definition) is 4. The van der Waals surface area contributed by atoms with Crippen molar-refractivity contribution in [2.45, 2.75) is 25.7 Å². The molecule has 126 valence electrons. The second kappa shape index (κ2) is 9.36. The first-order valence-corrected chi connectivity index (χ1v) is 7.06. The SMILES string of the molecule is COC(=O)C1CCCC1.NNC(=O)C(=O)Nc1ccc(=O)[nH]c1. The number of pyridine rings is 1. The summed E-state index contributed by atoms with van der Waals surface area (Å²) in [5.74, 6) is 3.06. The van der Waals surface area contributed by atoms with Crippen molar-refractivity contribution in [1.82, 2.24) is 10.4 Å². The molecule has 1 aliphatic rings. The number of amides is 2. The van der Waals surface area contributed by atoms with E-state index >= 15 is 0 Å². The summed E-state index contributed by atoms with van der Waals surface area (Å²) in [6, 6.07) is 2.58. The quantitative estimate of drug-likeness (QED) is 0.192. The molecule has 1 aliphatic carbocycles. The number of rotatable bonds is 2. The van der Waals surface area contributed by atoms with Crippen LogP contribution in [0.1, 0.15) is 25.7 Å². The van der Waals surface area contributed by atoms with E-state index in [-0.39, 0.29) is 17.4 Å². The number of H-pyrrole nitrogens is 1. The molecule has 2 rings (SSSR count). The molecule has 9 nitrogen and oxygen atoms in total. The lowest BCUT2D eigenvalue weighted by atomic mass is 10.1. The molecule has 0 bridgehead atoms. The zero-order valence-corrected chi connectivity index (χ0v) is 12.8. The van der Waals surface area contributed by atoms with Crippen LogP contribution in [-0.4, -0.2) is 29.9 Å². The van der Waals surface area contributed by atoms with Crippen LogP contribution in [0.5, 0.6) is 0 Å². The van der Waals surface area contributed by atoms with Gasteiger partial charge in [-0.25, -0.2) is 5.84 Å². The Bertz CT molecular complexity index is 587. The summed E-state index contributed by atoms with van der Waals surface area (Å²) < 4.78 is 4.60. The molecule has 1 saturated carbocycles. The van der Waals surface area contributed by atoms with Crippen LogP contribution in [0.25, 0.3) is 0 Å². The number of hydrogen-bond acceptors (Lipinski definition) is 6. The molecule has 5 N–H and O–H groups in total. The van der Waals surface area contributed by atoms with Gasteiger partial charge in [0.1, 0.15) is 0 Å². The van der Waals surface area contributed by atoms with Gasteiger partial charge in [0.15, 0.2) is 0 Å². The lowest BCUT2D eigenvalue weighted by Crippen LogP contribution is -2.39. The van der Waals surface area contributed by atoms with E-state index in [0.29, 0.717) is 5.69 Å². The van der Waals surface area contributed by atoms with Crippen molar-refractivity contribution in [1.29, 1.82) is 0 Å². The number of anilines is 1.